The SMILES string of the molecule is O=C(O)Cn1c(-c2ccccc2)cc2cc(NC(=O)NCCc3ccncc3)ccc21. The molecule has 0 aliphatic rings. The minimum absolute atomic E-state index is 0.143. The number of fused-ring (bicyclic) bond motifs is 1. The summed E-state index contributed by atoms with van der Waals surface area (Å²) in [5.41, 5.74) is 4.29. The van der Waals surface area contributed by atoms with Gasteiger partial charge in [-0.25, -0.2) is 4.79 Å². The number of urea groups is 1. The number of carbonyl (C=O) groups is 2. The molecule has 31 heavy (non-hydrogen) atoms. The number of carbonyl (C=O) groups excluding carboxylic acids is 1. The molecule has 2 aromatic heterocycles. The number of hydrogen-bond donors (Lipinski definition) is 3. The highest BCUT2D eigenvalue weighted by Gasteiger charge is 2.14. The summed E-state index contributed by atoms with van der Waals surface area (Å²) in [6.45, 7) is 0.362. The van der Waals surface area contributed by atoms with Crippen molar-refractivity contribution < 1.29 is 14.7 Å². The number of rotatable bonds is 7. The number of benzene rings is 2. The molecule has 0 saturated heterocycles. The number of aromatic nitrogens is 2. The van der Waals surface area contributed by atoms with E-state index in [4.69, 9.17) is 0 Å². The number of pyridine rings is 1. The minimum atomic E-state index is -0.912. The van der Waals surface area contributed by atoms with Crippen LogP contribution in [-0.4, -0.2) is 33.2 Å². The number of anilines is 1. The lowest BCUT2D eigenvalue weighted by Gasteiger charge is -2.10. The third-order valence-electron chi connectivity index (χ3n) is 4.97. The Kier molecular flexibility index (Phi) is 5.93. The fourth-order valence-electron chi connectivity index (χ4n) is 3.55. The zero-order valence-corrected chi connectivity index (χ0v) is 16.8. The van der Waals surface area contributed by atoms with Crippen molar-refractivity contribution in [2.45, 2.75) is 13.0 Å². The average molecular weight is 414 g/mol. The standard InChI is InChI=1S/C24H22N4O3/c29-23(30)16-28-21-7-6-20(14-19(21)15-22(28)18-4-2-1-3-5-18)27-24(31)26-13-10-17-8-11-25-12-9-17/h1-9,11-12,14-15H,10,13,16H2,(H,29,30)(H2,26,27,31). The quantitative estimate of drug-likeness (QED) is 0.423. The number of amides is 2. The maximum atomic E-state index is 12.3. The van der Waals surface area contributed by atoms with E-state index in [0.29, 0.717) is 18.7 Å². The Labute approximate surface area is 179 Å². The fraction of sp³-hybridized carbons (Fsp3) is 0.125. The first-order chi connectivity index (χ1) is 15.1. The third-order valence-corrected chi connectivity index (χ3v) is 4.97. The van der Waals surface area contributed by atoms with Crippen LogP contribution in [0.1, 0.15) is 5.56 Å². The highest BCUT2D eigenvalue weighted by atomic mass is 16.4. The van der Waals surface area contributed by atoms with Crippen molar-refractivity contribution in [1.82, 2.24) is 14.9 Å². The molecule has 0 bridgehead atoms. The molecule has 0 unspecified atom stereocenters. The van der Waals surface area contributed by atoms with Gasteiger partial charge in [0.15, 0.2) is 0 Å². The van der Waals surface area contributed by atoms with Gasteiger partial charge in [0.2, 0.25) is 0 Å². The van der Waals surface area contributed by atoms with Crippen LogP contribution in [0.3, 0.4) is 0 Å². The molecule has 0 radical (unpaired) electrons. The highest BCUT2D eigenvalue weighted by Crippen LogP contribution is 2.30. The maximum Gasteiger partial charge on any atom is 0.323 e. The Bertz CT molecular complexity index is 1200. The van der Waals surface area contributed by atoms with E-state index in [9.17, 15) is 14.7 Å². The van der Waals surface area contributed by atoms with Gasteiger partial charge >= 0.3 is 12.0 Å². The van der Waals surface area contributed by atoms with Crippen molar-refractivity contribution in [3.63, 3.8) is 0 Å². The Morgan fingerprint density at radius 3 is 2.48 bits per heavy atom. The van der Waals surface area contributed by atoms with Gasteiger partial charge in [0.1, 0.15) is 6.54 Å². The zero-order valence-electron chi connectivity index (χ0n) is 16.8. The van der Waals surface area contributed by atoms with Gasteiger partial charge in [-0.2, -0.15) is 0 Å². The van der Waals surface area contributed by atoms with Crippen molar-refractivity contribution in [3.05, 3.63) is 84.7 Å². The molecule has 4 aromatic rings. The maximum absolute atomic E-state index is 12.3. The zero-order chi connectivity index (χ0) is 21.6. The van der Waals surface area contributed by atoms with Gasteiger partial charge in [-0.3, -0.25) is 9.78 Å². The molecular weight excluding hydrogens is 392 g/mol. The molecule has 0 aliphatic heterocycles. The predicted octanol–water partition coefficient (Wildman–Crippen LogP) is 4.15. The van der Waals surface area contributed by atoms with Gasteiger partial charge in [-0.1, -0.05) is 30.3 Å². The van der Waals surface area contributed by atoms with Crippen LogP contribution in [0.4, 0.5) is 10.5 Å². The molecule has 7 nitrogen and oxygen atoms in total. The predicted molar refractivity (Wildman–Crippen MR) is 120 cm³/mol. The molecule has 0 spiro atoms. The summed E-state index contributed by atoms with van der Waals surface area (Å²) >= 11 is 0. The number of hydrogen-bond acceptors (Lipinski definition) is 3. The minimum Gasteiger partial charge on any atom is -0.480 e. The first-order valence-electron chi connectivity index (χ1n) is 9.94. The second-order valence-electron chi connectivity index (χ2n) is 7.14. The van der Waals surface area contributed by atoms with Crippen molar-refractivity contribution >= 4 is 28.6 Å². The Morgan fingerprint density at radius 2 is 1.74 bits per heavy atom. The van der Waals surface area contributed by atoms with Gasteiger partial charge in [-0.15, -0.1) is 0 Å². The summed E-state index contributed by atoms with van der Waals surface area (Å²) in [4.78, 5) is 27.7. The summed E-state index contributed by atoms with van der Waals surface area (Å²) in [7, 11) is 0. The second kappa shape index (κ2) is 9.13. The van der Waals surface area contributed by atoms with E-state index < -0.39 is 5.97 Å². The first kappa shape index (κ1) is 20.2. The van der Waals surface area contributed by atoms with E-state index in [-0.39, 0.29) is 12.6 Å². The largest absolute Gasteiger partial charge is 0.480 e. The molecule has 0 fully saturated rings. The van der Waals surface area contributed by atoms with E-state index in [2.05, 4.69) is 15.6 Å². The van der Waals surface area contributed by atoms with Crippen LogP contribution in [0.25, 0.3) is 22.2 Å². The molecule has 3 N–H and O–H groups in total. The molecule has 4 rings (SSSR count). The van der Waals surface area contributed by atoms with Gasteiger partial charge in [-0.05, 0) is 53.9 Å². The van der Waals surface area contributed by atoms with E-state index in [1.807, 2.05) is 60.7 Å². The molecule has 2 amide bonds. The summed E-state index contributed by atoms with van der Waals surface area (Å²) in [5.74, 6) is -0.912. The fourth-order valence-corrected chi connectivity index (χ4v) is 3.55. The molecular formula is C24H22N4O3. The Morgan fingerprint density at radius 1 is 0.968 bits per heavy atom. The van der Waals surface area contributed by atoms with E-state index in [1.54, 1.807) is 23.0 Å². The summed E-state index contributed by atoms with van der Waals surface area (Å²) < 4.78 is 1.77. The lowest BCUT2D eigenvalue weighted by atomic mass is 10.1. The normalized spacial score (nSPS) is 10.7. The lowest BCUT2D eigenvalue weighted by molar-refractivity contribution is -0.137. The molecule has 2 aromatic carbocycles. The Balaban J connectivity index is 1.51. The molecule has 0 aliphatic carbocycles. The van der Waals surface area contributed by atoms with Crippen LogP contribution < -0.4 is 10.6 Å². The number of aliphatic carboxylic acids is 1. The first-order valence-corrected chi connectivity index (χ1v) is 9.94. The van der Waals surface area contributed by atoms with Gasteiger partial charge in [0.25, 0.3) is 0 Å². The van der Waals surface area contributed by atoms with Crippen LogP contribution in [0, 0.1) is 0 Å². The van der Waals surface area contributed by atoms with Crippen molar-refractivity contribution in [1.29, 1.82) is 0 Å². The van der Waals surface area contributed by atoms with Crippen LogP contribution in [0.15, 0.2) is 79.1 Å². The van der Waals surface area contributed by atoms with E-state index in [0.717, 1.165) is 27.7 Å². The Hall–Kier alpha value is -4.13. The number of carboxylic acids is 1. The molecule has 0 atom stereocenters. The van der Waals surface area contributed by atoms with E-state index in [1.165, 1.54) is 0 Å². The van der Waals surface area contributed by atoms with E-state index >= 15 is 0 Å². The topological polar surface area (TPSA) is 96.2 Å². The highest BCUT2D eigenvalue weighted by molar-refractivity contribution is 5.95. The smallest absolute Gasteiger partial charge is 0.323 e. The third kappa shape index (κ3) is 4.90. The monoisotopic (exact) mass is 414 g/mol. The van der Waals surface area contributed by atoms with Crippen LogP contribution in [0.5, 0.6) is 0 Å². The van der Waals surface area contributed by atoms with Gasteiger partial charge in [0.05, 0.1) is 0 Å². The van der Waals surface area contributed by atoms with Crippen molar-refractivity contribution in [3.8, 4) is 11.3 Å². The van der Waals surface area contributed by atoms with Gasteiger partial charge in [0, 0.05) is 41.2 Å². The summed E-state index contributed by atoms with van der Waals surface area (Å²) in [6.07, 6.45) is 4.17. The number of nitrogens with one attached hydrogen (secondary N) is 2. The molecule has 2 heterocycles. The van der Waals surface area contributed by atoms with Crippen molar-refractivity contribution in [2.24, 2.45) is 0 Å². The average Bonchev–Trinajstić information content (AvgIpc) is 3.12. The number of nitrogens with zero attached hydrogens (tertiary/aromatic N) is 2. The molecule has 156 valence electrons. The summed E-state index contributed by atoms with van der Waals surface area (Å²) in [5, 5.41) is 15.9. The second-order valence-corrected chi connectivity index (χ2v) is 7.14. The van der Waals surface area contributed by atoms with Crippen LogP contribution in [0.2, 0.25) is 0 Å². The lowest BCUT2D eigenvalue weighted by Crippen LogP contribution is -2.30. The van der Waals surface area contributed by atoms with Crippen molar-refractivity contribution in [2.75, 3.05) is 11.9 Å². The van der Waals surface area contributed by atoms with Crippen LogP contribution in [-0.2, 0) is 17.8 Å². The summed E-state index contributed by atoms with van der Waals surface area (Å²) in [6, 6.07) is 20.6. The van der Waals surface area contributed by atoms with Crippen LogP contribution >= 0.6 is 0 Å². The number of carboxylic acid groups (broad SMARTS) is 1. The molecule has 7 heteroatoms. The molecule has 0 saturated carbocycles. The van der Waals surface area contributed by atoms with Gasteiger partial charge < -0.3 is 20.3 Å².